The molecule has 0 amide bonds. The second kappa shape index (κ2) is 17.2. The summed E-state index contributed by atoms with van der Waals surface area (Å²) in [6.07, 6.45) is 5.65. The van der Waals surface area contributed by atoms with E-state index in [-0.39, 0.29) is 45.2 Å². The number of fused-ring (bicyclic) bond motifs is 2. The Kier molecular flexibility index (Phi) is 12.7. The van der Waals surface area contributed by atoms with Crippen molar-refractivity contribution in [1.82, 2.24) is 10.6 Å². The molecule has 10 nitrogen and oxygen atoms in total. The van der Waals surface area contributed by atoms with Crippen LogP contribution in [0.4, 0.5) is 0 Å². The maximum absolute atomic E-state index is 14.4. The summed E-state index contributed by atoms with van der Waals surface area (Å²) in [4.78, 5) is 0.277. The van der Waals surface area contributed by atoms with Crippen molar-refractivity contribution in [2.24, 2.45) is 0 Å². The minimum atomic E-state index is -3.93. The lowest BCUT2D eigenvalue weighted by atomic mass is 9.87. The van der Waals surface area contributed by atoms with Gasteiger partial charge in [-0.15, -0.1) is 0 Å². The van der Waals surface area contributed by atoms with Gasteiger partial charge in [0.25, 0.3) is 0 Å². The zero-order valence-electron chi connectivity index (χ0n) is 33.1. The second-order valence-corrected chi connectivity index (χ2v) is 19.2. The van der Waals surface area contributed by atoms with E-state index in [1.807, 2.05) is 67.6 Å². The molecule has 4 aromatic rings. The Morgan fingerprint density at radius 1 is 0.643 bits per heavy atom. The highest BCUT2D eigenvalue weighted by atomic mass is 32.2. The highest BCUT2D eigenvalue weighted by Gasteiger charge is 2.45. The fourth-order valence-corrected chi connectivity index (χ4v) is 12.6. The Balaban J connectivity index is 1.40. The van der Waals surface area contributed by atoms with Gasteiger partial charge in [0.1, 0.15) is 0 Å². The van der Waals surface area contributed by atoms with Gasteiger partial charge in [-0.3, -0.25) is 10.6 Å². The van der Waals surface area contributed by atoms with E-state index in [9.17, 15) is 21.9 Å². The zero-order chi connectivity index (χ0) is 40.1. The molecule has 2 heterocycles. The van der Waals surface area contributed by atoms with Gasteiger partial charge in [-0.2, -0.15) is 0 Å². The third kappa shape index (κ3) is 8.58. The molecule has 0 fully saturated rings. The lowest BCUT2D eigenvalue weighted by Gasteiger charge is -2.37. The van der Waals surface area contributed by atoms with Crippen LogP contribution < -0.4 is 24.8 Å². The van der Waals surface area contributed by atoms with Crippen LogP contribution >= 0.6 is 0 Å². The first-order valence-electron chi connectivity index (χ1n) is 19.7. The first-order valence-corrected chi connectivity index (χ1v) is 23.0. The molecular weight excluding hydrogens is 749 g/mol. The van der Waals surface area contributed by atoms with Gasteiger partial charge in [0, 0.05) is 29.6 Å². The molecule has 0 aromatic heterocycles. The van der Waals surface area contributed by atoms with Crippen molar-refractivity contribution in [3.8, 4) is 23.0 Å². The second-order valence-electron chi connectivity index (χ2n) is 15.3. The molecule has 56 heavy (non-hydrogen) atoms. The number of benzene rings is 4. The maximum atomic E-state index is 14.4. The Morgan fingerprint density at radius 3 is 1.64 bits per heavy atom. The average molecular weight is 805 g/mol. The maximum Gasteiger partial charge on any atom is 0.180 e. The number of rotatable bonds is 15. The number of sulfone groups is 2. The number of ether oxygens (including phenoxy) is 3. The van der Waals surface area contributed by atoms with Crippen molar-refractivity contribution < 1.29 is 36.2 Å². The number of phenols is 1. The molecule has 0 saturated heterocycles. The van der Waals surface area contributed by atoms with E-state index in [1.165, 1.54) is 20.3 Å². The summed E-state index contributed by atoms with van der Waals surface area (Å²) in [5.41, 5.74) is 1.32. The van der Waals surface area contributed by atoms with Gasteiger partial charge in [0.05, 0.1) is 54.2 Å². The molecule has 2 aliphatic rings. The first kappa shape index (κ1) is 41.5. The number of hydrogen-bond donors (Lipinski definition) is 3. The average Bonchev–Trinajstić information content (AvgIpc) is 3.36. The predicted molar refractivity (Wildman–Crippen MR) is 220 cm³/mol. The molecule has 0 radical (unpaired) electrons. The Bertz CT molecular complexity index is 2200. The van der Waals surface area contributed by atoms with Gasteiger partial charge in [0.15, 0.2) is 42.7 Å². The topological polar surface area (TPSA) is 140 Å². The standard InChI is InChI=1S/C44H56N2O8S2/c1-6-9-21-43(8-3)29-55(48,49)40-28-37(53-5)38(26-34(40)41(45-43)31-17-13-11-14-18-31)54-24-23-44(22-10-7-2)30-56(50,51)39-27-35(47)36(52-4)25-33(39)42(46-44)32-19-15-12-16-20-32/h11-20,25-28,41-42,45-47H,6-10,21-24,29-30H2,1-5H3/t41-,42-,43-,44+/m1/s1. The molecule has 0 spiro atoms. The van der Waals surface area contributed by atoms with E-state index in [2.05, 4.69) is 24.5 Å². The number of aromatic hydroxyl groups is 1. The molecule has 12 heteroatoms. The van der Waals surface area contributed by atoms with Crippen LogP contribution in [0.3, 0.4) is 0 Å². The summed E-state index contributed by atoms with van der Waals surface area (Å²) < 4.78 is 75.2. The SMILES string of the molecule is CCCC[C@]1(CCOc2cc3c(cc2OC)S(=O)(=O)C[C@@](CC)(CCCC)N[C@@H]3c2ccccc2)CS(=O)(=O)c2cc(O)c(OC)cc2[C@@H](c2ccccc2)N1. The van der Waals surface area contributed by atoms with Crippen molar-refractivity contribution in [3.63, 3.8) is 0 Å². The van der Waals surface area contributed by atoms with E-state index >= 15 is 0 Å². The Labute approximate surface area is 332 Å². The molecule has 2 aliphatic heterocycles. The van der Waals surface area contributed by atoms with Crippen molar-refractivity contribution in [2.75, 3.05) is 32.3 Å². The molecule has 4 aromatic carbocycles. The summed E-state index contributed by atoms with van der Waals surface area (Å²) in [5.74, 6) is 0.355. The van der Waals surface area contributed by atoms with Crippen LogP contribution in [0.2, 0.25) is 0 Å². The number of hydrogen-bond acceptors (Lipinski definition) is 10. The molecular formula is C44H56N2O8S2. The predicted octanol–water partition coefficient (Wildman–Crippen LogP) is 8.08. The van der Waals surface area contributed by atoms with Crippen LogP contribution in [0.1, 0.15) is 106 Å². The molecule has 0 unspecified atom stereocenters. The van der Waals surface area contributed by atoms with Gasteiger partial charge < -0.3 is 19.3 Å². The molecule has 6 rings (SSSR count). The highest BCUT2D eigenvalue weighted by molar-refractivity contribution is 7.91. The Morgan fingerprint density at radius 2 is 1.12 bits per heavy atom. The number of unbranched alkanes of at least 4 members (excludes halogenated alkanes) is 2. The normalized spacial score (nSPS) is 23.9. The quantitative estimate of drug-likeness (QED) is 0.108. The van der Waals surface area contributed by atoms with Crippen molar-refractivity contribution in [1.29, 1.82) is 0 Å². The van der Waals surface area contributed by atoms with Crippen LogP contribution in [0.5, 0.6) is 23.0 Å². The summed E-state index contributed by atoms with van der Waals surface area (Å²) in [5, 5.41) is 18.4. The van der Waals surface area contributed by atoms with Gasteiger partial charge in [0.2, 0.25) is 0 Å². The third-order valence-corrected chi connectivity index (χ3v) is 15.4. The largest absolute Gasteiger partial charge is 0.504 e. The molecule has 3 N–H and O–H groups in total. The summed E-state index contributed by atoms with van der Waals surface area (Å²) in [6, 6.07) is 24.9. The van der Waals surface area contributed by atoms with Crippen LogP contribution in [0.15, 0.2) is 94.7 Å². The Hall–Kier alpha value is -4.10. The van der Waals surface area contributed by atoms with Gasteiger partial charge >= 0.3 is 0 Å². The third-order valence-electron chi connectivity index (χ3n) is 11.5. The molecule has 0 saturated carbocycles. The lowest BCUT2D eigenvalue weighted by Crippen LogP contribution is -2.51. The van der Waals surface area contributed by atoms with Crippen molar-refractivity contribution in [2.45, 2.75) is 105 Å². The highest BCUT2D eigenvalue weighted by Crippen LogP contribution is 2.45. The molecule has 0 aliphatic carbocycles. The number of nitrogens with one attached hydrogen (secondary N) is 2. The lowest BCUT2D eigenvalue weighted by molar-refractivity contribution is 0.211. The van der Waals surface area contributed by atoms with Crippen LogP contribution in [-0.4, -0.2) is 65.4 Å². The number of methoxy groups -OCH3 is 2. The van der Waals surface area contributed by atoms with Gasteiger partial charge in [-0.1, -0.05) is 107 Å². The van der Waals surface area contributed by atoms with E-state index in [4.69, 9.17) is 14.2 Å². The minimum absolute atomic E-state index is 0.0368. The van der Waals surface area contributed by atoms with E-state index < -0.39 is 42.8 Å². The van der Waals surface area contributed by atoms with Crippen molar-refractivity contribution in [3.05, 3.63) is 107 Å². The smallest absolute Gasteiger partial charge is 0.180 e. The molecule has 0 bridgehead atoms. The summed E-state index contributed by atoms with van der Waals surface area (Å²) >= 11 is 0. The van der Waals surface area contributed by atoms with E-state index in [0.29, 0.717) is 42.6 Å². The minimum Gasteiger partial charge on any atom is -0.504 e. The molecule has 302 valence electrons. The van der Waals surface area contributed by atoms with Crippen LogP contribution in [-0.2, 0) is 19.7 Å². The fraction of sp³-hybridized carbons (Fsp3) is 0.455. The van der Waals surface area contributed by atoms with Crippen molar-refractivity contribution >= 4 is 19.7 Å². The molecule has 4 atom stereocenters. The first-order chi connectivity index (χ1) is 26.8. The van der Waals surface area contributed by atoms with E-state index in [1.54, 1.807) is 18.2 Å². The summed E-state index contributed by atoms with van der Waals surface area (Å²) in [7, 11) is -4.76. The summed E-state index contributed by atoms with van der Waals surface area (Å²) in [6.45, 7) is 6.34. The van der Waals surface area contributed by atoms with E-state index in [0.717, 1.165) is 36.8 Å². The van der Waals surface area contributed by atoms with Gasteiger partial charge in [-0.05, 0) is 53.6 Å². The number of phenolic OH excluding ortho intramolecular Hbond substituents is 1. The van der Waals surface area contributed by atoms with Gasteiger partial charge in [-0.25, -0.2) is 16.8 Å². The van der Waals surface area contributed by atoms with Crippen LogP contribution in [0.25, 0.3) is 0 Å². The zero-order valence-corrected chi connectivity index (χ0v) is 34.8. The van der Waals surface area contributed by atoms with Crippen LogP contribution in [0, 0.1) is 0 Å². The fourth-order valence-electron chi connectivity index (χ4n) is 8.42. The monoisotopic (exact) mass is 804 g/mol.